The molecule has 0 aromatic carbocycles. The van der Waals surface area contributed by atoms with E-state index in [4.69, 9.17) is 0 Å². The van der Waals surface area contributed by atoms with Crippen molar-refractivity contribution in [3.8, 4) is 0 Å². The Balaban J connectivity index is 1.46. The first-order valence-electron chi connectivity index (χ1n) is 8.21. The maximum atomic E-state index is 4.38. The Morgan fingerprint density at radius 2 is 2.15 bits per heavy atom. The van der Waals surface area contributed by atoms with Crippen molar-refractivity contribution in [2.45, 2.75) is 65.0 Å². The zero-order chi connectivity index (χ0) is 14.2. The fourth-order valence-electron chi connectivity index (χ4n) is 2.81. The topological polar surface area (TPSA) is 52.7 Å². The molecule has 114 valence electrons. The molecular formula is C16H30N4. The van der Waals surface area contributed by atoms with E-state index in [1.54, 1.807) is 6.33 Å². The molecule has 1 aliphatic heterocycles. The minimum absolute atomic E-state index is 0.534. The van der Waals surface area contributed by atoms with Crippen LogP contribution in [0.25, 0.3) is 0 Å². The van der Waals surface area contributed by atoms with Gasteiger partial charge in [-0.15, -0.1) is 0 Å². The van der Waals surface area contributed by atoms with Crippen LogP contribution in [0.1, 0.15) is 57.3 Å². The van der Waals surface area contributed by atoms with E-state index < -0.39 is 0 Å². The van der Waals surface area contributed by atoms with Crippen molar-refractivity contribution in [1.82, 2.24) is 20.6 Å². The Labute approximate surface area is 123 Å². The Hall–Kier alpha value is -0.870. The fraction of sp³-hybridized carbons (Fsp3) is 0.812. The van der Waals surface area contributed by atoms with Crippen LogP contribution in [0.4, 0.5) is 0 Å². The van der Waals surface area contributed by atoms with Gasteiger partial charge < -0.3 is 15.6 Å². The third-order valence-corrected chi connectivity index (χ3v) is 4.09. The quantitative estimate of drug-likeness (QED) is 0.609. The highest BCUT2D eigenvalue weighted by Gasteiger charge is 2.18. The maximum Gasteiger partial charge on any atom is 0.0925 e. The number of aromatic nitrogens is 2. The molecule has 0 spiro atoms. The monoisotopic (exact) mass is 278 g/mol. The zero-order valence-corrected chi connectivity index (χ0v) is 13.0. The summed E-state index contributed by atoms with van der Waals surface area (Å²) in [5.74, 6) is 0.859. The molecule has 20 heavy (non-hydrogen) atoms. The second-order valence-electron chi connectivity index (χ2n) is 6.41. The molecule has 1 unspecified atom stereocenters. The zero-order valence-electron chi connectivity index (χ0n) is 13.0. The van der Waals surface area contributed by atoms with Crippen molar-refractivity contribution in [1.29, 1.82) is 0 Å². The Morgan fingerprint density at radius 3 is 3.00 bits per heavy atom. The number of fused-ring (bicyclic) bond motifs is 1. The van der Waals surface area contributed by atoms with Crippen molar-refractivity contribution < 1.29 is 0 Å². The van der Waals surface area contributed by atoms with Crippen molar-refractivity contribution in [3.63, 3.8) is 0 Å². The highest BCUT2D eigenvalue weighted by molar-refractivity contribution is 5.15. The number of nitrogens with zero attached hydrogens (tertiary/aromatic N) is 1. The second-order valence-corrected chi connectivity index (χ2v) is 6.41. The normalized spacial score (nSPS) is 18.4. The molecule has 0 amide bonds. The molecule has 0 aliphatic carbocycles. The lowest BCUT2D eigenvalue weighted by Gasteiger charge is -2.23. The molecule has 0 bridgehead atoms. The predicted octanol–water partition coefficient (Wildman–Crippen LogP) is 2.62. The van der Waals surface area contributed by atoms with E-state index in [2.05, 4.69) is 34.4 Å². The summed E-state index contributed by atoms with van der Waals surface area (Å²) in [6.45, 7) is 7.75. The largest absolute Gasteiger partial charge is 0.347 e. The lowest BCUT2D eigenvalue weighted by atomic mass is 10.0. The smallest absolute Gasteiger partial charge is 0.0925 e. The van der Waals surface area contributed by atoms with Crippen molar-refractivity contribution in [3.05, 3.63) is 17.7 Å². The summed E-state index contributed by atoms with van der Waals surface area (Å²) < 4.78 is 0. The van der Waals surface area contributed by atoms with Crippen molar-refractivity contribution in [2.24, 2.45) is 5.92 Å². The van der Waals surface area contributed by atoms with Crippen molar-refractivity contribution in [2.75, 3.05) is 13.1 Å². The fourth-order valence-corrected chi connectivity index (χ4v) is 2.81. The van der Waals surface area contributed by atoms with Crippen LogP contribution in [0.2, 0.25) is 0 Å². The van der Waals surface area contributed by atoms with Crippen LogP contribution in [0.3, 0.4) is 0 Å². The minimum atomic E-state index is 0.534. The summed E-state index contributed by atoms with van der Waals surface area (Å²) in [6, 6.07) is 0.534. The van der Waals surface area contributed by atoms with Crippen molar-refractivity contribution >= 4 is 0 Å². The summed E-state index contributed by atoms with van der Waals surface area (Å²) in [5, 5.41) is 7.13. The molecule has 4 nitrogen and oxygen atoms in total. The lowest BCUT2D eigenvalue weighted by Crippen LogP contribution is -2.43. The van der Waals surface area contributed by atoms with E-state index in [1.807, 2.05) is 0 Å². The first kappa shape index (κ1) is 15.5. The number of hydrogen-bond donors (Lipinski definition) is 3. The SMILES string of the molecule is CC(C)CCCCCCNCC1Cc2nc[nH]c2CN1. The van der Waals surface area contributed by atoms with Gasteiger partial charge in [-0.2, -0.15) is 0 Å². The summed E-state index contributed by atoms with van der Waals surface area (Å²) in [6.07, 6.45) is 9.67. The van der Waals surface area contributed by atoms with Gasteiger partial charge in [0.05, 0.1) is 17.7 Å². The van der Waals surface area contributed by atoms with Gasteiger partial charge in [0, 0.05) is 25.6 Å². The summed E-state index contributed by atoms with van der Waals surface area (Å²) in [7, 11) is 0. The highest BCUT2D eigenvalue weighted by atomic mass is 15.0. The van der Waals surface area contributed by atoms with Gasteiger partial charge >= 0.3 is 0 Å². The number of H-pyrrole nitrogens is 1. The van der Waals surface area contributed by atoms with E-state index in [0.717, 1.165) is 32.0 Å². The van der Waals surface area contributed by atoms with Crippen LogP contribution in [-0.2, 0) is 13.0 Å². The Kier molecular flexibility index (Phi) is 6.54. The second kappa shape index (κ2) is 8.42. The van der Waals surface area contributed by atoms with Gasteiger partial charge in [0.2, 0.25) is 0 Å². The van der Waals surface area contributed by atoms with Gasteiger partial charge in [-0.05, 0) is 18.9 Å². The minimum Gasteiger partial charge on any atom is -0.347 e. The van der Waals surface area contributed by atoms with Crippen LogP contribution in [0.15, 0.2) is 6.33 Å². The molecule has 2 heterocycles. The molecule has 1 aromatic heterocycles. The standard InChI is InChI=1S/C16H30N4/c1-13(2)7-5-3-4-6-8-17-10-14-9-15-16(11-18-14)20-12-19-15/h12-14,17-18H,3-11H2,1-2H3,(H,19,20). The lowest BCUT2D eigenvalue weighted by molar-refractivity contribution is 0.435. The van der Waals surface area contributed by atoms with Gasteiger partial charge in [-0.1, -0.05) is 39.5 Å². The van der Waals surface area contributed by atoms with Crippen LogP contribution in [0.5, 0.6) is 0 Å². The number of hydrogen-bond acceptors (Lipinski definition) is 3. The number of nitrogens with one attached hydrogen (secondary N) is 3. The molecule has 2 rings (SSSR count). The molecule has 0 saturated carbocycles. The number of imidazole rings is 1. The first-order chi connectivity index (χ1) is 9.75. The average molecular weight is 278 g/mol. The molecule has 1 atom stereocenters. The van der Waals surface area contributed by atoms with E-state index in [0.29, 0.717) is 6.04 Å². The van der Waals surface area contributed by atoms with Gasteiger partial charge in [0.1, 0.15) is 0 Å². The summed E-state index contributed by atoms with van der Waals surface area (Å²) >= 11 is 0. The number of rotatable bonds is 9. The van der Waals surface area contributed by atoms with Gasteiger partial charge in [-0.3, -0.25) is 0 Å². The van der Waals surface area contributed by atoms with Gasteiger partial charge in [0.15, 0.2) is 0 Å². The number of unbranched alkanes of at least 4 members (excludes halogenated alkanes) is 3. The number of aromatic amines is 1. The molecular weight excluding hydrogens is 248 g/mol. The Morgan fingerprint density at radius 1 is 1.30 bits per heavy atom. The summed E-state index contributed by atoms with van der Waals surface area (Å²) in [5.41, 5.74) is 2.50. The third-order valence-electron chi connectivity index (χ3n) is 4.09. The average Bonchev–Trinajstić information content (AvgIpc) is 2.89. The predicted molar refractivity (Wildman–Crippen MR) is 83.7 cm³/mol. The molecule has 0 fully saturated rings. The van der Waals surface area contributed by atoms with Crippen LogP contribution < -0.4 is 10.6 Å². The first-order valence-corrected chi connectivity index (χ1v) is 8.21. The molecule has 0 saturated heterocycles. The van der Waals surface area contributed by atoms with E-state index in [1.165, 1.54) is 43.5 Å². The van der Waals surface area contributed by atoms with Crippen LogP contribution in [0, 0.1) is 5.92 Å². The molecule has 0 radical (unpaired) electrons. The molecule has 3 N–H and O–H groups in total. The van der Waals surface area contributed by atoms with E-state index in [-0.39, 0.29) is 0 Å². The van der Waals surface area contributed by atoms with Crippen LogP contribution in [-0.4, -0.2) is 29.1 Å². The van der Waals surface area contributed by atoms with E-state index in [9.17, 15) is 0 Å². The maximum absolute atomic E-state index is 4.38. The van der Waals surface area contributed by atoms with Gasteiger partial charge in [0.25, 0.3) is 0 Å². The molecule has 1 aromatic rings. The van der Waals surface area contributed by atoms with Crippen LogP contribution >= 0.6 is 0 Å². The Bertz CT molecular complexity index is 372. The molecule has 1 aliphatic rings. The highest BCUT2D eigenvalue weighted by Crippen LogP contribution is 2.12. The summed E-state index contributed by atoms with van der Waals surface area (Å²) in [4.78, 5) is 7.56. The van der Waals surface area contributed by atoms with Gasteiger partial charge in [-0.25, -0.2) is 4.98 Å². The third kappa shape index (κ3) is 5.25. The van der Waals surface area contributed by atoms with E-state index >= 15 is 0 Å². The molecule has 4 heteroatoms.